The molecule has 1 N–H and O–H groups in total. The molecule has 0 aliphatic heterocycles. The highest BCUT2D eigenvalue weighted by atomic mass is 19.1. The molecule has 1 nitrogen and oxygen atoms in total. The number of allylic oxidation sites excluding steroid dienone is 1. The normalized spacial score (nSPS) is 12.2. The number of nitrogens with one attached hydrogen (secondary N) is 1. The second-order valence-electron chi connectivity index (χ2n) is 5.20. The number of aryl methyl sites for hydroxylation is 1. The van der Waals surface area contributed by atoms with Crippen LogP contribution in [0.25, 0.3) is 0 Å². The van der Waals surface area contributed by atoms with Crippen molar-refractivity contribution >= 4 is 0 Å². The molecule has 0 saturated heterocycles. The summed E-state index contributed by atoms with van der Waals surface area (Å²) in [4.78, 5) is 0. The lowest BCUT2D eigenvalue weighted by molar-refractivity contribution is 0.594. The number of rotatable bonds is 6. The number of hydrogen-bond acceptors (Lipinski definition) is 1. The van der Waals surface area contributed by atoms with E-state index in [9.17, 15) is 4.39 Å². The van der Waals surface area contributed by atoms with Crippen LogP contribution >= 0.6 is 0 Å². The molecule has 0 saturated carbocycles. The van der Waals surface area contributed by atoms with Crippen molar-refractivity contribution in [2.24, 2.45) is 0 Å². The summed E-state index contributed by atoms with van der Waals surface area (Å²) < 4.78 is 13.0. The van der Waals surface area contributed by atoms with Gasteiger partial charge in [0.25, 0.3) is 0 Å². The predicted octanol–water partition coefficient (Wildman–Crippen LogP) is 4.01. The van der Waals surface area contributed by atoms with E-state index < -0.39 is 0 Å². The van der Waals surface area contributed by atoms with E-state index in [0.29, 0.717) is 6.04 Å². The van der Waals surface area contributed by atoms with Gasteiger partial charge in [0.2, 0.25) is 0 Å². The third-order valence-electron chi connectivity index (χ3n) is 2.96. The lowest BCUT2D eigenvalue weighted by Gasteiger charge is -2.08. The Morgan fingerprint density at radius 2 is 2.11 bits per heavy atom. The van der Waals surface area contributed by atoms with Gasteiger partial charge >= 0.3 is 0 Å². The third-order valence-corrected chi connectivity index (χ3v) is 2.96. The highest BCUT2D eigenvalue weighted by molar-refractivity contribution is 5.30. The summed E-state index contributed by atoms with van der Waals surface area (Å²) in [7, 11) is 0. The molecule has 2 heteroatoms. The zero-order chi connectivity index (χ0) is 13.5. The van der Waals surface area contributed by atoms with E-state index in [1.165, 1.54) is 17.2 Å². The average Bonchev–Trinajstić information content (AvgIpc) is 2.28. The molecule has 100 valence electrons. The zero-order valence-corrected chi connectivity index (χ0v) is 11.9. The maximum absolute atomic E-state index is 13.0. The lowest BCUT2D eigenvalue weighted by Crippen LogP contribution is -2.23. The summed E-state index contributed by atoms with van der Waals surface area (Å²) in [5.41, 5.74) is 3.58. The third kappa shape index (κ3) is 5.46. The van der Waals surface area contributed by atoms with E-state index in [-0.39, 0.29) is 5.82 Å². The molecule has 0 spiro atoms. The number of benzene rings is 1. The van der Waals surface area contributed by atoms with Crippen LogP contribution in [0, 0.1) is 12.7 Å². The van der Waals surface area contributed by atoms with Crippen LogP contribution in [0.15, 0.2) is 29.8 Å². The van der Waals surface area contributed by atoms with Gasteiger partial charge < -0.3 is 5.32 Å². The molecule has 0 amide bonds. The average molecular weight is 249 g/mol. The van der Waals surface area contributed by atoms with Crippen LogP contribution < -0.4 is 5.32 Å². The summed E-state index contributed by atoms with van der Waals surface area (Å²) in [6.45, 7) is 9.42. The van der Waals surface area contributed by atoms with E-state index in [0.717, 1.165) is 24.9 Å². The Kier molecular flexibility index (Phi) is 6.06. The first-order valence-corrected chi connectivity index (χ1v) is 6.63. The van der Waals surface area contributed by atoms with Crippen LogP contribution in [-0.2, 0) is 6.42 Å². The Morgan fingerprint density at radius 3 is 2.72 bits per heavy atom. The second-order valence-corrected chi connectivity index (χ2v) is 5.20. The maximum Gasteiger partial charge on any atom is 0.123 e. The first-order chi connectivity index (χ1) is 8.49. The van der Waals surface area contributed by atoms with Gasteiger partial charge in [-0.1, -0.05) is 31.6 Å². The summed E-state index contributed by atoms with van der Waals surface area (Å²) in [6.07, 6.45) is 4.22. The minimum absolute atomic E-state index is 0.154. The summed E-state index contributed by atoms with van der Waals surface area (Å²) in [5.74, 6) is -0.154. The Labute approximate surface area is 110 Å². The molecule has 1 aromatic rings. The highest BCUT2D eigenvalue weighted by Gasteiger charge is 2.01. The number of halogens is 1. The summed E-state index contributed by atoms with van der Waals surface area (Å²) in [5, 5.41) is 3.39. The summed E-state index contributed by atoms with van der Waals surface area (Å²) >= 11 is 0. The first-order valence-electron chi connectivity index (χ1n) is 6.63. The van der Waals surface area contributed by atoms with E-state index in [1.807, 2.05) is 13.0 Å². The molecule has 0 bridgehead atoms. The van der Waals surface area contributed by atoms with Crippen molar-refractivity contribution in [3.05, 3.63) is 46.8 Å². The molecule has 0 aliphatic carbocycles. The van der Waals surface area contributed by atoms with Gasteiger partial charge in [0, 0.05) is 6.04 Å². The van der Waals surface area contributed by atoms with Crippen LogP contribution in [0.1, 0.15) is 38.3 Å². The fourth-order valence-electron chi connectivity index (χ4n) is 1.92. The van der Waals surface area contributed by atoms with Crippen molar-refractivity contribution in [1.82, 2.24) is 5.32 Å². The zero-order valence-electron chi connectivity index (χ0n) is 11.9. The smallest absolute Gasteiger partial charge is 0.123 e. The Morgan fingerprint density at radius 1 is 1.39 bits per heavy atom. The van der Waals surface area contributed by atoms with Gasteiger partial charge in [0.1, 0.15) is 5.82 Å². The number of hydrogen-bond donors (Lipinski definition) is 1. The standard InChI is InChI=1S/C16H24FN/c1-12(2)18-9-5-6-13(3)10-15-7-8-16(17)11-14(15)4/h6-8,11-12,18H,5,9-10H2,1-4H3/b13-6-. The second kappa shape index (κ2) is 7.32. The van der Waals surface area contributed by atoms with Crippen LogP contribution in [0.3, 0.4) is 0 Å². The Balaban J connectivity index is 2.48. The van der Waals surface area contributed by atoms with Gasteiger partial charge in [0.15, 0.2) is 0 Å². The van der Waals surface area contributed by atoms with Gasteiger partial charge in [-0.05, 0) is 56.5 Å². The largest absolute Gasteiger partial charge is 0.314 e. The van der Waals surface area contributed by atoms with Crippen LogP contribution in [-0.4, -0.2) is 12.6 Å². The van der Waals surface area contributed by atoms with Crippen molar-refractivity contribution in [1.29, 1.82) is 0 Å². The molecule has 0 radical (unpaired) electrons. The first kappa shape index (κ1) is 14.9. The van der Waals surface area contributed by atoms with Crippen molar-refractivity contribution in [3.8, 4) is 0 Å². The fraction of sp³-hybridized carbons (Fsp3) is 0.500. The van der Waals surface area contributed by atoms with Gasteiger partial charge in [0.05, 0.1) is 0 Å². The monoisotopic (exact) mass is 249 g/mol. The van der Waals surface area contributed by atoms with Crippen molar-refractivity contribution in [2.75, 3.05) is 6.54 Å². The van der Waals surface area contributed by atoms with Gasteiger partial charge in [-0.15, -0.1) is 0 Å². The van der Waals surface area contributed by atoms with Crippen LogP contribution in [0.2, 0.25) is 0 Å². The lowest BCUT2D eigenvalue weighted by atomic mass is 10.0. The predicted molar refractivity (Wildman–Crippen MR) is 76.4 cm³/mol. The Hall–Kier alpha value is -1.15. The van der Waals surface area contributed by atoms with Crippen LogP contribution in [0.4, 0.5) is 4.39 Å². The SMILES string of the molecule is C/C(=C/CCNC(C)C)Cc1ccc(F)cc1C. The minimum Gasteiger partial charge on any atom is -0.314 e. The summed E-state index contributed by atoms with van der Waals surface area (Å²) in [6, 6.07) is 5.56. The van der Waals surface area contributed by atoms with Crippen molar-refractivity contribution in [2.45, 2.75) is 46.6 Å². The molecule has 0 aliphatic rings. The quantitative estimate of drug-likeness (QED) is 0.593. The fourth-order valence-corrected chi connectivity index (χ4v) is 1.92. The topological polar surface area (TPSA) is 12.0 Å². The highest BCUT2D eigenvalue weighted by Crippen LogP contribution is 2.14. The van der Waals surface area contributed by atoms with E-state index >= 15 is 0 Å². The van der Waals surface area contributed by atoms with E-state index in [4.69, 9.17) is 0 Å². The molecule has 0 aromatic heterocycles. The minimum atomic E-state index is -0.154. The van der Waals surface area contributed by atoms with Crippen molar-refractivity contribution < 1.29 is 4.39 Å². The molecule has 0 atom stereocenters. The molecular formula is C16H24FN. The Bertz CT molecular complexity index is 408. The van der Waals surface area contributed by atoms with E-state index in [1.54, 1.807) is 6.07 Å². The molecule has 0 unspecified atom stereocenters. The van der Waals surface area contributed by atoms with Gasteiger partial charge in [-0.25, -0.2) is 4.39 Å². The molecule has 18 heavy (non-hydrogen) atoms. The van der Waals surface area contributed by atoms with Gasteiger partial charge in [-0.2, -0.15) is 0 Å². The van der Waals surface area contributed by atoms with Gasteiger partial charge in [-0.3, -0.25) is 0 Å². The maximum atomic E-state index is 13.0. The molecule has 1 aromatic carbocycles. The van der Waals surface area contributed by atoms with Crippen LogP contribution in [0.5, 0.6) is 0 Å². The van der Waals surface area contributed by atoms with Crippen molar-refractivity contribution in [3.63, 3.8) is 0 Å². The molecule has 1 rings (SSSR count). The molecule has 0 heterocycles. The van der Waals surface area contributed by atoms with E-state index in [2.05, 4.69) is 32.2 Å². The molecule has 0 fully saturated rings. The molecular weight excluding hydrogens is 225 g/mol.